The molecule has 0 radical (unpaired) electrons. The fraction of sp³-hybridized carbons (Fsp3) is 0.875. The summed E-state index contributed by atoms with van der Waals surface area (Å²) in [5.41, 5.74) is 5.72. The summed E-state index contributed by atoms with van der Waals surface area (Å²) < 4.78 is 0. The van der Waals surface area contributed by atoms with Gasteiger partial charge in [0.15, 0.2) is 0 Å². The highest BCUT2D eigenvalue weighted by molar-refractivity contribution is 5.78. The van der Waals surface area contributed by atoms with E-state index in [1.54, 1.807) is 0 Å². The second kappa shape index (κ2) is 3.41. The number of carbonyl (C=O) groups is 1. The smallest absolute Gasteiger partial charge is 0.234 e. The minimum absolute atomic E-state index is 0.0525. The molecule has 0 spiro atoms. The van der Waals surface area contributed by atoms with E-state index in [0.29, 0.717) is 13.1 Å². The zero-order valence-corrected chi connectivity index (χ0v) is 7.76. The number of nitrogens with two attached hydrogens (primary N) is 1. The maximum Gasteiger partial charge on any atom is 0.234 e. The molecular weight excluding hydrogens is 154 g/mol. The molecule has 4 nitrogen and oxygen atoms in total. The molecule has 1 aliphatic carbocycles. The predicted octanol–water partition coefficient (Wildman–Crippen LogP) is -0.844. The van der Waals surface area contributed by atoms with Crippen LogP contribution in [-0.4, -0.2) is 43.5 Å². The lowest BCUT2D eigenvalue weighted by atomic mass is 10.3. The lowest BCUT2D eigenvalue weighted by Gasteiger charge is -2.12. The molecule has 1 amide bonds. The van der Waals surface area contributed by atoms with E-state index in [4.69, 9.17) is 5.73 Å². The predicted molar refractivity (Wildman–Crippen MR) is 47.7 cm³/mol. The molecule has 0 aromatic rings. The minimum atomic E-state index is -0.0814. The Balaban J connectivity index is 2.10. The summed E-state index contributed by atoms with van der Waals surface area (Å²) in [5, 5.41) is 2.81. The number of nitrogens with zero attached hydrogens (tertiary/aromatic N) is 1. The van der Waals surface area contributed by atoms with Crippen LogP contribution < -0.4 is 11.1 Å². The zero-order valence-electron chi connectivity index (χ0n) is 7.76. The third-order valence-corrected chi connectivity index (χ3v) is 1.99. The van der Waals surface area contributed by atoms with Crippen LogP contribution in [0.5, 0.6) is 0 Å². The molecule has 1 fully saturated rings. The Labute approximate surface area is 73.1 Å². The summed E-state index contributed by atoms with van der Waals surface area (Å²) in [5.74, 6) is 0.0525. The van der Waals surface area contributed by atoms with Crippen molar-refractivity contribution >= 4 is 5.91 Å². The third kappa shape index (κ3) is 3.19. The highest BCUT2D eigenvalue weighted by Crippen LogP contribution is 2.30. The van der Waals surface area contributed by atoms with E-state index < -0.39 is 0 Å². The summed E-state index contributed by atoms with van der Waals surface area (Å²) >= 11 is 0. The number of hydrogen-bond acceptors (Lipinski definition) is 3. The fourth-order valence-electron chi connectivity index (χ4n) is 0.955. The van der Waals surface area contributed by atoms with E-state index in [0.717, 1.165) is 12.8 Å². The van der Waals surface area contributed by atoms with E-state index in [9.17, 15) is 4.79 Å². The highest BCUT2D eigenvalue weighted by atomic mass is 16.2. The van der Waals surface area contributed by atoms with Crippen LogP contribution in [0.4, 0.5) is 0 Å². The number of amides is 1. The Morgan fingerprint density at radius 1 is 1.58 bits per heavy atom. The maximum atomic E-state index is 11.1. The first kappa shape index (κ1) is 9.48. The minimum Gasteiger partial charge on any atom is -0.353 e. The normalized spacial score (nSPS) is 19.3. The Morgan fingerprint density at radius 3 is 2.58 bits per heavy atom. The third-order valence-electron chi connectivity index (χ3n) is 1.99. The fourth-order valence-corrected chi connectivity index (χ4v) is 0.955. The van der Waals surface area contributed by atoms with Crippen LogP contribution in [0.25, 0.3) is 0 Å². The van der Waals surface area contributed by atoms with E-state index >= 15 is 0 Å². The molecular formula is C8H17N3O. The standard InChI is InChI=1S/C8H17N3O/c1-11(2)5-7(12)10-6-8(9)3-4-8/h3-6,9H2,1-2H3,(H,10,12). The van der Waals surface area contributed by atoms with Gasteiger partial charge >= 0.3 is 0 Å². The van der Waals surface area contributed by atoms with Crippen molar-refractivity contribution < 1.29 is 4.79 Å². The van der Waals surface area contributed by atoms with E-state index in [-0.39, 0.29) is 11.4 Å². The van der Waals surface area contributed by atoms with Crippen molar-refractivity contribution in [2.24, 2.45) is 5.73 Å². The summed E-state index contributed by atoms with van der Waals surface area (Å²) in [7, 11) is 3.74. The number of likely N-dealkylation sites (N-methyl/N-ethyl adjacent to an activating group) is 1. The molecule has 0 aromatic heterocycles. The summed E-state index contributed by atoms with van der Waals surface area (Å²) in [4.78, 5) is 13.0. The van der Waals surface area contributed by atoms with Crippen LogP contribution in [0.15, 0.2) is 0 Å². The Bertz CT molecular complexity index is 175. The first-order chi connectivity index (χ1) is 5.52. The van der Waals surface area contributed by atoms with Gasteiger partial charge in [0, 0.05) is 12.1 Å². The molecule has 0 atom stereocenters. The van der Waals surface area contributed by atoms with Crippen molar-refractivity contribution in [1.29, 1.82) is 0 Å². The van der Waals surface area contributed by atoms with Crippen molar-refractivity contribution in [2.75, 3.05) is 27.2 Å². The lowest BCUT2D eigenvalue weighted by molar-refractivity contribution is -0.121. The van der Waals surface area contributed by atoms with Crippen molar-refractivity contribution in [2.45, 2.75) is 18.4 Å². The number of carbonyl (C=O) groups excluding carboxylic acids is 1. The topological polar surface area (TPSA) is 58.4 Å². The van der Waals surface area contributed by atoms with Crippen molar-refractivity contribution in [3.8, 4) is 0 Å². The van der Waals surface area contributed by atoms with Gasteiger partial charge in [-0.05, 0) is 26.9 Å². The van der Waals surface area contributed by atoms with Gasteiger partial charge < -0.3 is 16.0 Å². The molecule has 1 rings (SSSR count). The maximum absolute atomic E-state index is 11.1. The molecule has 1 saturated carbocycles. The van der Waals surface area contributed by atoms with Gasteiger partial charge in [-0.25, -0.2) is 0 Å². The molecule has 0 saturated heterocycles. The molecule has 4 heteroatoms. The molecule has 12 heavy (non-hydrogen) atoms. The van der Waals surface area contributed by atoms with Gasteiger partial charge in [0.25, 0.3) is 0 Å². The average Bonchev–Trinajstić information content (AvgIpc) is 2.64. The van der Waals surface area contributed by atoms with E-state index in [2.05, 4.69) is 5.32 Å². The highest BCUT2D eigenvalue weighted by Gasteiger charge is 2.38. The monoisotopic (exact) mass is 171 g/mol. The molecule has 3 N–H and O–H groups in total. The van der Waals surface area contributed by atoms with E-state index in [1.165, 1.54) is 0 Å². The van der Waals surface area contributed by atoms with Crippen LogP contribution in [0.2, 0.25) is 0 Å². The molecule has 1 aliphatic rings. The molecule has 70 valence electrons. The van der Waals surface area contributed by atoms with Gasteiger partial charge in [-0.2, -0.15) is 0 Å². The van der Waals surface area contributed by atoms with Gasteiger partial charge in [-0.3, -0.25) is 4.79 Å². The van der Waals surface area contributed by atoms with Crippen LogP contribution in [0.1, 0.15) is 12.8 Å². The quantitative estimate of drug-likeness (QED) is 0.579. The van der Waals surface area contributed by atoms with Crippen LogP contribution in [-0.2, 0) is 4.79 Å². The van der Waals surface area contributed by atoms with Crippen LogP contribution >= 0.6 is 0 Å². The lowest BCUT2D eigenvalue weighted by Crippen LogP contribution is -2.42. The summed E-state index contributed by atoms with van der Waals surface area (Å²) in [6.45, 7) is 1.07. The summed E-state index contributed by atoms with van der Waals surface area (Å²) in [6, 6.07) is 0. The second-order valence-corrected chi connectivity index (χ2v) is 3.88. The largest absolute Gasteiger partial charge is 0.353 e. The van der Waals surface area contributed by atoms with Crippen LogP contribution in [0.3, 0.4) is 0 Å². The number of nitrogens with one attached hydrogen (secondary N) is 1. The van der Waals surface area contributed by atoms with Crippen LogP contribution in [0, 0.1) is 0 Å². The average molecular weight is 171 g/mol. The first-order valence-electron chi connectivity index (χ1n) is 4.22. The number of rotatable bonds is 4. The van der Waals surface area contributed by atoms with Gasteiger partial charge in [-0.1, -0.05) is 0 Å². The first-order valence-corrected chi connectivity index (χ1v) is 4.22. The second-order valence-electron chi connectivity index (χ2n) is 3.88. The van der Waals surface area contributed by atoms with Crippen molar-refractivity contribution in [3.05, 3.63) is 0 Å². The molecule has 0 aliphatic heterocycles. The molecule has 0 aromatic carbocycles. The van der Waals surface area contributed by atoms with Gasteiger partial charge in [-0.15, -0.1) is 0 Å². The molecule has 0 bridgehead atoms. The Morgan fingerprint density at radius 2 is 2.17 bits per heavy atom. The van der Waals surface area contributed by atoms with Gasteiger partial charge in [0.05, 0.1) is 6.54 Å². The zero-order chi connectivity index (χ0) is 9.19. The van der Waals surface area contributed by atoms with Crippen molar-refractivity contribution in [1.82, 2.24) is 10.2 Å². The summed E-state index contributed by atoms with van der Waals surface area (Å²) in [6.07, 6.45) is 2.07. The number of hydrogen-bond donors (Lipinski definition) is 2. The molecule has 0 heterocycles. The Hall–Kier alpha value is -0.610. The Kier molecular flexibility index (Phi) is 2.69. The molecule has 0 unspecified atom stereocenters. The van der Waals surface area contributed by atoms with Crippen molar-refractivity contribution in [3.63, 3.8) is 0 Å². The van der Waals surface area contributed by atoms with Gasteiger partial charge in [0.2, 0.25) is 5.91 Å². The SMILES string of the molecule is CN(C)CC(=O)NCC1(N)CC1. The van der Waals surface area contributed by atoms with Gasteiger partial charge in [0.1, 0.15) is 0 Å². The van der Waals surface area contributed by atoms with E-state index in [1.807, 2.05) is 19.0 Å².